The Morgan fingerprint density at radius 2 is 2.20 bits per heavy atom. The van der Waals surface area contributed by atoms with Gasteiger partial charge in [0.05, 0.1) is 11.3 Å². The molecule has 0 N–H and O–H groups in total. The first-order chi connectivity index (χ1) is 7.25. The van der Waals surface area contributed by atoms with Crippen molar-refractivity contribution in [3.05, 3.63) is 24.0 Å². The number of rotatable bonds is 3. The van der Waals surface area contributed by atoms with E-state index in [1.54, 1.807) is 17.2 Å². The second-order valence-electron chi connectivity index (χ2n) is 3.53. The molecule has 0 bridgehead atoms. The minimum absolute atomic E-state index is 0.425. The molecule has 0 aliphatic carbocycles. The zero-order valence-corrected chi connectivity index (χ0v) is 8.56. The maximum atomic E-state index is 11.6. The monoisotopic (exact) mass is 204 g/mol. The molecule has 2 heterocycles. The molecule has 0 saturated carbocycles. The third-order valence-electron chi connectivity index (χ3n) is 2.51. The van der Waals surface area contributed by atoms with Gasteiger partial charge in [-0.2, -0.15) is 0 Å². The fraction of sp³-hybridized carbons (Fsp3) is 0.364. The summed E-state index contributed by atoms with van der Waals surface area (Å²) in [5, 5.41) is 0. The summed E-state index contributed by atoms with van der Waals surface area (Å²) in [7, 11) is 0. The van der Waals surface area contributed by atoms with Crippen LogP contribution in [0.3, 0.4) is 0 Å². The molecule has 0 spiro atoms. The smallest absolute Gasteiger partial charge is 0.299 e. The zero-order valence-electron chi connectivity index (χ0n) is 8.56. The van der Waals surface area contributed by atoms with Gasteiger partial charge in [0, 0.05) is 18.9 Å². The predicted molar refractivity (Wildman–Crippen MR) is 55.8 cm³/mol. The third kappa shape index (κ3) is 1.52. The normalized spacial score (nSPS) is 14.6. The highest BCUT2D eigenvalue weighted by atomic mass is 16.2. The molecule has 2 rings (SSSR count). The van der Waals surface area contributed by atoms with Crippen LogP contribution in [0.2, 0.25) is 0 Å². The van der Waals surface area contributed by atoms with Crippen molar-refractivity contribution < 1.29 is 9.59 Å². The lowest BCUT2D eigenvalue weighted by molar-refractivity contribution is -0.114. The molecule has 4 nitrogen and oxygen atoms in total. The molecule has 1 aliphatic heterocycles. The summed E-state index contributed by atoms with van der Waals surface area (Å²) in [4.78, 5) is 28.6. The number of pyridine rings is 1. The van der Waals surface area contributed by atoms with Crippen molar-refractivity contribution in [3.63, 3.8) is 0 Å². The van der Waals surface area contributed by atoms with Crippen molar-refractivity contribution >= 4 is 17.4 Å². The van der Waals surface area contributed by atoms with E-state index in [1.807, 2.05) is 0 Å². The van der Waals surface area contributed by atoms with Crippen LogP contribution in [0, 0.1) is 0 Å². The summed E-state index contributed by atoms with van der Waals surface area (Å²) < 4.78 is 0. The molecule has 0 atom stereocenters. The van der Waals surface area contributed by atoms with Crippen LogP contribution in [-0.2, 0) is 4.79 Å². The van der Waals surface area contributed by atoms with Crippen molar-refractivity contribution in [1.82, 2.24) is 4.98 Å². The summed E-state index contributed by atoms with van der Waals surface area (Å²) in [6.07, 6.45) is 4.96. The van der Waals surface area contributed by atoms with E-state index in [0.717, 1.165) is 12.8 Å². The van der Waals surface area contributed by atoms with Crippen molar-refractivity contribution in [2.24, 2.45) is 0 Å². The molecule has 78 valence electrons. The Balaban J connectivity index is 2.34. The number of anilines is 1. The first-order valence-electron chi connectivity index (χ1n) is 5.06. The number of amides is 1. The van der Waals surface area contributed by atoms with Crippen LogP contribution in [0.25, 0.3) is 0 Å². The van der Waals surface area contributed by atoms with Crippen LogP contribution in [0.15, 0.2) is 18.5 Å². The van der Waals surface area contributed by atoms with E-state index in [9.17, 15) is 9.59 Å². The maximum absolute atomic E-state index is 11.6. The summed E-state index contributed by atoms with van der Waals surface area (Å²) >= 11 is 0. The average molecular weight is 204 g/mol. The van der Waals surface area contributed by atoms with E-state index in [4.69, 9.17) is 0 Å². The standard InChI is InChI=1S/C11H12N2O2/c1-2-3-6-13-9-4-5-12-7-8(9)10(14)11(13)15/h4-5,7H,2-3,6H2,1H3. The number of hydrogen-bond acceptors (Lipinski definition) is 3. The molecule has 0 unspecified atom stereocenters. The predicted octanol–water partition coefficient (Wildman–Crippen LogP) is 1.41. The van der Waals surface area contributed by atoms with Gasteiger partial charge in [0.1, 0.15) is 0 Å². The van der Waals surface area contributed by atoms with Crippen LogP contribution in [-0.4, -0.2) is 23.2 Å². The Labute approximate surface area is 87.9 Å². The molecule has 1 aromatic rings. The highest BCUT2D eigenvalue weighted by molar-refractivity contribution is 6.52. The number of carbonyl (C=O) groups excluding carboxylic acids is 2. The topological polar surface area (TPSA) is 50.3 Å². The number of unbranched alkanes of at least 4 members (excludes halogenated alkanes) is 1. The van der Waals surface area contributed by atoms with E-state index >= 15 is 0 Å². The Morgan fingerprint density at radius 1 is 1.40 bits per heavy atom. The highest BCUT2D eigenvalue weighted by Gasteiger charge is 2.35. The van der Waals surface area contributed by atoms with Gasteiger partial charge in [0.2, 0.25) is 0 Å². The van der Waals surface area contributed by atoms with Crippen LogP contribution in [0.1, 0.15) is 30.1 Å². The number of carbonyl (C=O) groups is 2. The Hall–Kier alpha value is -1.71. The van der Waals surface area contributed by atoms with Gasteiger partial charge in [-0.3, -0.25) is 14.6 Å². The highest BCUT2D eigenvalue weighted by Crippen LogP contribution is 2.27. The second kappa shape index (κ2) is 3.81. The first-order valence-corrected chi connectivity index (χ1v) is 5.06. The molecule has 15 heavy (non-hydrogen) atoms. The number of nitrogens with zero attached hydrogens (tertiary/aromatic N) is 2. The van der Waals surface area contributed by atoms with Gasteiger partial charge in [0.15, 0.2) is 0 Å². The quantitative estimate of drug-likeness (QED) is 0.699. The minimum atomic E-state index is -0.436. The lowest BCUT2D eigenvalue weighted by atomic mass is 10.2. The number of ketones is 1. The molecule has 0 aromatic carbocycles. The van der Waals surface area contributed by atoms with Gasteiger partial charge in [0.25, 0.3) is 11.7 Å². The number of Topliss-reactive ketones (excluding diaryl/α,β-unsaturated/α-hetero) is 1. The fourth-order valence-electron chi connectivity index (χ4n) is 1.68. The average Bonchev–Trinajstić information content (AvgIpc) is 2.51. The lowest BCUT2D eigenvalue weighted by Crippen LogP contribution is -2.30. The largest absolute Gasteiger partial charge is 0.305 e. The van der Waals surface area contributed by atoms with Gasteiger partial charge in [-0.1, -0.05) is 13.3 Å². The van der Waals surface area contributed by atoms with E-state index in [-0.39, 0.29) is 0 Å². The van der Waals surface area contributed by atoms with E-state index < -0.39 is 11.7 Å². The Kier molecular flexibility index (Phi) is 2.49. The first kappa shape index (κ1) is 9.83. The van der Waals surface area contributed by atoms with Crippen molar-refractivity contribution in [2.75, 3.05) is 11.4 Å². The number of hydrogen-bond donors (Lipinski definition) is 0. The molecule has 1 amide bonds. The number of aromatic nitrogens is 1. The van der Waals surface area contributed by atoms with Gasteiger partial charge in [-0.05, 0) is 12.5 Å². The summed E-state index contributed by atoms with van der Waals surface area (Å²) in [5.41, 5.74) is 1.13. The van der Waals surface area contributed by atoms with Crippen LogP contribution in [0.5, 0.6) is 0 Å². The van der Waals surface area contributed by atoms with E-state index in [1.165, 1.54) is 6.20 Å². The van der Waals surface area contributed by atoms with Crippen LogP contribution in [0.4, 0.5) is 5.69 Å². The Morgan fingerprint density at radius 3 is 2.93 bits per heavy atom. The van der Waals surface area contributed by atoms with Crippen LogP contribution >= 0.6 is 0 Å². The molecule has 0 radical (unpaired) electrons. The van der Waals surface area contributed by atoms with Crippen molar-refractivity contribution in [1.29, 1.82) is 0 Å². The maximum Gasteiger partial charge on any atom is 0.299 e. The molecule has 0 fully saturated rings. The van der Waals surface area contributed by atoms with Crippen LogP contribution < -0.4 is 4.90 Å². The zero-order chi connectivity index (χ0) is 10.8. The van der Waals surface area contributed by atoms with Gasteiger partial charge < -0.3 is 4.90 Å². The third-order valence-corrected chi connectivity index (χ3v) is 2.51. The molecule has 4 heteroatoms. The minimum Gasteiger partial charge on any atom is -0.305 e. The van der Waals surface area contributed by atoms with Gasteiger partial charge >= 0.3 is 0 Å². The molecule has 1 aromatic heterocycles. The fourth-order valence-corrected chi connectivity index (χ4v) is 1.68. The Bertz CT molecular complexity index is 415. The number of fused-ring (bicyclic) bond motifs is 1. The SMILES string of the molecule is CCCCN1C(=O)C(=O)c2cnccc21. The van der Waals surface area contributed by atoms with E-state index in [2.05, 4.69) is 11.9 Å². The van der Waals surface area contributed by atoms with Crippen molar-refractivity contribution in [3.8, 4) is 0 Å². The lowest BCUT2D eigenvalue weighted by Gasteiger charge is -2.15. The summed E-state index contributed by atoms with van der Waals surface area (Å²) in [5.74, 6) is -0.861. The molecular weight excluding hydrogens is 192 g/mol. The van der Waals surface area contributed by atoms with Crippen molar-refractivity contribution in [2.45, 2.75) is 19.8 Å². The van der Waals surface area contributed by atoms with Gasteiger partial charge in [-0.15, -0.1) is 0 Å². The summed E-state index contributed by atoms with van der Waals surface area (Å²) in [6, 6.07) is 1.72. The molecular formula is C11H12N2O2. The molecule has 1 aliphatic rings. The van der Waals surface area contributed by atoms with E-state index in [0.29, 0.717) is 17.8 Å². The molecule has 0 saturated heterocycles. The second-order valence-corrected chi connectivity index (χ2v) is 3.53. The van der Waals surface area contributed by atoms with Gasteiger partial charge in [-0.25, -0.2) is 0 Å². The summed E-state index contributed by atoms with van der Waals surface area (Å²) in [6.45, 7) is 2.66.